The van der Waals surface area contributed by atoms with Crippen molar-refractivity contribution < 1.29 is 13.2 Å². The average molecular weight is 341 g/mol. The van der Waals surface area contributed by atoms with Gasteiger partial charge < -0.3 is 5.32 Å². The minimum absolute atomic E-state index is 0.0832. The van der Waals surface area contributed by atoms with Crippen LogP contribution in [0.3, 0.4) is 0 Å². The van der Waals surface area contributed by atoms with Crippen LogP contribution in [-0.4, -0.2) is 37.2 Å². The molecule has 0 unspecified atom stereocenters. The number of nitrogens with one attached hydrogen (secondary N) is 1. The van der Waals surface area contributed by atoms with E-state index in [9.17, 15) is 13.2 Å². The molecule has 0 bridgehead atoms. The van der Waals surface area contributed by atoms with Gasteiger partial charge in [-0.3, -0.25) is 4.79 Å². The van der Waals surface area contributed by atoms with Gasteiger partial charge in [-0.1, -0.05) is 25.2 Å². The van der Waals surface area contributed by atoms with Gasteiger partial charge in [0.25, 0.3) is 0 Å². The van der Waals surface area contributed by atoms with Crippen LogP contribution in [0.25, 0.3) is 10.2 Å². The highest BCUT2D eigenvalue weighted by molar-refractivity contribution is 7.89. The molecule has 120 valence electrons. The molecule has 0 atom stereocenters. The predicted molar refractivity (Wildman–Crippen MR) is 88.6 cm³/mol. The summed E-state index contributed by atoms with van der Waals surface area (Å²) in [6.45, 7) is 4.12. The molecule has 8 heteroatoms. The monoisotopic (exact) mass is 341 g/mol. The number of amides is 1. The topological polar surface area (TPSA) is 79.4 Å². The van der Waals surface area contributed by atoms with Crippen LogP contribution in [-0.2, 0) is 14.8 Å². The Kier molecular flexibility index (Phi) is 5.15. The third kappa shape index (κ3) is 3.45. The van der Waals surface area contributed by atoms with E-state index in [0.717, 1.165) is 11.1 Å². The summed E-state index contributed by atoms with van der Waals surface area (Å²) in [7, 11) is -1.93. The second-order valence-corrected chi connectivity index (χ2v) is 7.94. The van der Waals surface area contributed by atoms with Crippen molar-refractivity contribution in [3.05, 3.63) is 18.2 Å². The first-order valence-electron chi connectivity index (χ1n) is 7.05. The maximum atomic E-state index is 12.3. The number of anilines is 1. The molecule has 1 amide bonds. The Labute approximate surface area is 134 Å². The molecule has 0 saturated carbocycles. The lowest BCUT2D eigenvalue weighted by Gasteiger charge is -2.14. The molecular formula is C14H19N3O3S2. The summed E-state index contributed by atoms with van der Waals surface area (Å²) in [6.07, 6.45) is 1.21. The molecule has 0 aliphatic carbocycles. The standard InChI is InChI=1S/C14H19N3O3S2/c1-4-6-13(18)16-14-15-11-8-7-10(9-12(11)21-14)22(19,20)17(3)5-2/h7-9H,4-6H2,1-3H3,(H,15,16,18). The zero-order valence-corrected chi connectivity index (χ0v) is 14.4. The fourth-order valence-corrected chi connectivity index (χ4v) is 4.08. The first kappa shape index (κ1) is 16.9. The van der Waals surface area contributed by atoms with Crippen molar-refractivity contribution in [3.8, 4) is 0 Å². The maximum absolute atomic E-state index is 12.3. The second-order valence-electron chi connectivity index (χ2n) is 4.87. The quantitative estimate of drug-likeness (QED) is 0.876. The molecule has 0 saturated heterocycles. The molecule has 1 N–H and O–H groups in total. The van der Waals surface area contributed by atoms with E-state index < -0.39 is 10.0 Å². The van der Waals surface area contributed by atoms with Gasteiger partial charge in [-0.05, 0) is 24.6 Å². The summed E-state index contributed by atoms with van der Waals surface area (Å²) in [5.74, 6) is -0.0832. The summed E-state index contributed by atoms with van der Waals surface area (Å²) < 4.78 is 26.7. The predicted octanol–water partition coefficient (Wildman–Crippen LogP) is 2.68. The van der Waals surface area contributed by atoms with E-state index in [1.807, 2.05) is 6.92 Å². The van der Waals surface area contributed by atoms with E-state index in [-0.39, 0.29) is 10.8 Å². The number of carbonyl (C=O) groups excluding carboxylic acids is 1. The summed E-state index contributed by atoms with van der Waals surface area (Å²) >= 11 is 1.28. The number of hydrogen-bond donors (Lipinski definition) is 1. The average Bonchev–Trinajstić information content (AvgIpc) is 2.87. The van der Waals surface area contributed by atoms with Gasteiger partial charge in [0.1, 0.15) is 0 Å². The lowest BCUT2D eigenvalue weighted by atomic mass is 10.3. The van der Waals surface area contributed by atoms with Gasteiger partial charge in [0.2, 0.25) is 15.9 Å². The highest BCUT2D eigenvalue weighted by Gasteiger charge is 2.20. The molecule has 1 aromatic heterocycles. The van der Waals surface area contributed by atoms with E-state index in [2.05, 4.69) is 10.3 Å². The van der Waals surface area contributed by atoms with E-state index in [4.69, 9.17) is 0 Å². The SMILES string of the molecule is CCCC(=O)Nc1nc2ccc(S(=O)(=O)N(C)CC)cc2s1. The highest BCUT2D eigenvalue weighted by atomic mass is 32.2. The lowest BCUT2D eigenvalue weighted by Crippen LogP contribution is -2.26. The van der Waals surface area contributed by atoms with E-state index in [0.29, 0.717) is 23.6 Å². The fraction of sp³-hybridized carbons (Fsp3) is 0.429. The van der Waals surface area contributed by atoms with Crippen molar-refractivity contribution >= 4 is 42.6 Å². The molecule has 0 radical (unpaired) electrons. The molecule has 0 spiro atoms. The molecule has 2 aromatic rings. The van der Waals surface area contributed by atoms with Gasteiger partial charge in [0.15, 0.2) is 5.13 Å². The largest absolute Gasteiger partial charge is 0.302 e. The Balaban J connectivity index is 2.34. The maximum Gasteiger partial charge on any atom is 0.242 e. The van der Waals surface area contributed by atoms with Gasteiger partial charge in [-0.15, -0.1) is 0 Å². The number of thiazole rings is 1. The fourth-order valence-electron chi connectivity index (χ4n) is 1.88. The van der Waals surface area contributed by atoms with Gasteiger partial charge in [-0.2, -0.15) is 0 Å². The first-order valence-corrected chi connectivity index (χ1v) is 9.31. The Hall–Kier alpha value is -1.51. The Morgan fingerprint density at radius 2 is 2.09 bits per heavy atom. The van der Waals surface area contributed by atoms with Crippen molar-refractivity contribution in [3.63, 3.8) is 0 Å². The van der Waals surface area contributed by atoms with Crippen molar-refractivity contribution in [2.24, 2.45) is 0 Å². The normalized spacial score (nSPS) is 12.0. The molecule has 0 aliphatic rings. The number of carbonyl (C=O) groups is 1. The second kappa shape index (κ2) is 6.72. The van der Waals surface area contributed by atoms with Gasteiger partial charge in [-0.25, -0.2) is 17.7 Å². The third-order valence-electron chi connectivity index (χ3n) is 3.24. The molecule has 0 aliphatic heterocycles. The number of fused-ring (bicyclic) bond motifs is 1. The van der Waals surface area contributed by atoms with Crippen molar-refractivity contribution in [1.29, 1.82) is 0 Å². The molecular weight excluding hydrogens is 322 g/mol. The first-order chi connectivity index (χ1) is 10.4. The zero-order valence-electron chi connectivity index (χ0n) is 12.8. The molecule has 22 heavy (non-hydrogen) atoms. The molecule has 6 nitrogen and oxygen atoms in total. The molecule has 2 rings (SSSR count). The highest BCUT2D eigenvalue weighted by Crippen LogP contribution is 2.29. The number of hydrogen-bond acceptors (Lipinski definition) is 5. The van der Waals surface area contributed by atoms with Crippen LogP contribution < -0.4 is 5.32 Å². The van der Waals surface area contributed by atoms with Gasteiger partial charge in [0, 0.05) is 20.0 Å². The van der Waals surface area contributed by atoms with Crippen LogP contribution in [0.15, 0.2) is 23.1 Å². The van der Waals surface area contributed by atoms with E-state index in [1.54, 1.807) is 32.2 Å². The molecule has 1 aromatic carbocycles. The van der Waals surface area contributed by atoms with Crippen LogP contribution in [0, 0.1) is 0 Å². The van der Waals surface area contributed by atoms with E-state index in [1.165, 1.54) is 15.6 Å². The van der Waals surface area contributed by atoms with Crippen LogP contribution in [0.2, 0.25) is 0 Å². The smallest absolute Gasteiger partial charge is 0.242 e. The van der Waals surface area contributed by atoms with Crippen LogP contribution in [0.4, 0.5) is 5.13 Å². The third-order valence-corrected chi connectivity index (χ3v) is 6.10. The minimum atomic E-state index is -3.48. The molecule has 1 heterocycles. The Bertz CT molecular complexity index is 784. The molecule has 0 fully saturated rings. The van der Waals surface area contributed by atoms with Crippen LogP contribution in [0.1, 0.15) is 26.7 Å². The lowest BCUT2D eigenvalue weighted by molar-refractivity contribution is -0.116. The summed E-state index contributed by atoms with van der Waals surface area (Å²) in [4.78, 5) is 16.1. The Morgan fingerprint density at radius 3 is 2.73 bits per heavy atom. The van der Waals surface area contributed by atoms with Crippen molar-refractivity contribution in [1.82, 2.24) is 9.29 Å². The summed E-state index contributed by atoms with van der Waals surface area (Å²) in [5, 5.41) is 3.23. The number of rotatable bonds is 6. The number of aromatic nitrogens is 1. The van der Waals surface area contributed by atoms with Crippen LogP contribution in [0.5, 0.6) is 0 Å². The van der Waals surface area contributed by atoms with Crippen LogP contribution >= 0.6 is 11.3 Å². The minimum Gasteiger partial charge on any atom is -0.302 e. The number of nitrogens with zero attached hydrogens (tertiary/aromatic N) is 2. The summed E-state index contributed by atoms with van der Waals surface area (Å²) in [6, 6.07) is 4.81. The van der Waals surface area contributed by atoms with Gasteiger partial charge >= 0.3 is 0 Å². The number of sulfonamides is 1. The Morgan fingerprint density at radius 1 is 1.36 bits per heavy atom. The summed E-state index contributed by atoms with van der Waals surface area (Å²) in [5.41, 5.74) is 0.676. The van der Waals surface area contributed by atoms with Crippen molar-refractivity contribution in [2.75, 3.05) is 18.9 Å². The van der Waals surface area contributed by atoms with E-state index >= 15 is 0 Å². The zero-order chi connectivity index (χ0) is 16.3. The van der Waals surface area contributed by atoms with Gasteiger partial charge in [0.05, 0.1) is 15.1 Å². The van der Waals surface area contributed by atoms with Crippen molar-refractivity contribution in [2.45, 2.75) is 31.6 Å². The number of benzene rings is 1.